The van der Waals surface area contributed by atoms with E-state index in [1.807, 2.05) is 0 Å². The summed E-state index contributed by atoms with van der Waals surface area (Å²) in [6, 6.07) is 15.5. The fourth-order valence-corrected chi connectivity index (χ4v) is 4.57. The molecule has 158 valence electrons. The molecule has 1 amide bonds. The second-order valence-electron chi connectivity index (χ2n) is 6.70. The van der Waals surface area contributed by atoms with Gasteiger partial charge in [-0.3, -0.25) is 9.52 Å². The van der Waals surface area contributed by atoms with Crippen molar-refractivity contribution in [1.29, 1.82) is 0 Å². The van der Waals surface area contributed by atoms with Gasteiger partial charge in [-0.1, -0.05) is 24.3 Å². The molecule has 0 aliphatic heterocycles. The standard InChI is InChI=1S/C20H20N2O6S2/c1-14-8-9-15(12-18(14)22-29(2,24)25)21-20(23)19-11-10-16(28-19)13-30(26,27)17-6-4-3-5-7-17/h3-12,22H,13H2,1-2H3,(H,21,23). The number of sulfone groups is 1. The maximum atomic E-state index is 12.5. The summed E-state index contributed by atoms with van der Waals surface area (Å²) >= 11 is 0. The van der Waals surface area contributed by atoms with Crippen molar-refractivity contribution >= 4 is 37.1 Å². The summed E-state index contributed by atoms with van der Waals surface area (Å²) in [4.78, 5) is 12.6. The molecule has 0 atom stereocenters. The number of hydrogen-bond acceptors (Lipinski definition) is 6. The summed E-state index contributed by atoms with van der Waals surface area (Å²) in [6.45, 7) is 1.73. The first-order chi connectivity index (χ1) is 14.0. The van der Waals surface area contributed by atoms with E-state index in [0.717, 1.165) is 6.26 Å². The largest absolute Gasteiger partial charge is 0.455 e. The second kappa shape index (κ2) is 8.33. The van der Waals surface area contributed by atoms with Crippen LogP contribution in [0.3, 0.4) is 0 Å². The molecule has 3 rings (SSSR count). The van der Waals surface area contributed by atoms with E-state index in [-0.39, 0.29) is 22.2 Å². The van der Waals surface area contributed by atoms with Crippen LogP contribution in [0.4, 0.5) is 11.4 Å². The predicted molar refractivity (Wildman–Crippen MR) is 114 cm³/mol. The lowest BCUT2D eigenvalue weighted by molar-refractivity contribution is 0.0995. The number of anilines is 2. The molecule has 1 aromatic heterocycles. The minimum Gasteiger partial charge on any atom is -0.455 e. The van der Waals surface area contributed by atoms with Gasteiger partial charge in [-0.05, 0) is 48.9 Å². The Morgan fingerprint density at radius 2 is 1.67 bits per heavy atom. The number of carbonyl (C=O) groups excluding carboxylic acids is 1. The topological polar surface area (TPSA) is 123 Å². The Balaban J connectivity index is 1.74. The maximum absolute atomic E-state index is 12.5. The summed E-state index contributed by atoms with van der Waals surface area (Å²) in [5, 5.41) is 2.60. The van der Waals surface area contributed by atoms with Crippen molar-refractivity contribution in [2.75, 3.05) is 16.3 Å². The van der Waals surface area contributed by atoms with Crippen molar-refractivity contribution in [2.45, 2.75) is 17.6 Å². The molecular weight excluding hydrogens is 428 g/mol. The van der Waals surface area contributed by atoms with Crippen LogP contribution in [-0.4, -0.2) is 29.0 Å². The fourth-order valence-electron chi connectivity index (χ4n) is 2.68. The normalized spacial score (nSPS) is 11.8. The molecule has 2 N–H and O–H groups in total. The molecule has 0 saturated carbocycles. The molecule has 30 heavy (non-hydrogen) atoms. The van der Waals surface area contributed by atoms with Gasteiger partial charge in [-0.25, -0.2) is 16.8 Å². The molecule has 0 radical (unpaired) electrons. The number of rotatable bonds is 7. The minimum atomic E-state index is -3.60. The van der Waals surface area contributed by atoms with Crippen molar-refractivity contribution in [3.05, 3.63) is 77.7 Å². The Bertz CT molecular complexity index is 1280. The van der Waals surface area contributed by atoms with Crippen LogP contribution in [0.5, 0.6) is 0 Å². The minimum absolute atomic E-state index is 0.0635. The van der Waals surface area contributed by atoms with Crippen LogP contribution in [0.15, 0.2) is 70.0 Å². The van der Waals surface area contributed by atoms with Crippen LogP contribution >= 0.6 is 0 Å². The summed E-state index contributed by atoms with van der Waals surface area (Å²) in [5.74, 6) is -0.900. The molecule has 10 heteroatoms. The third kappa shape index (κ3) is 5.49. The van der Waals surface area contributed by atoms with Gasteiger partial charge in [0.25, 0.3) is 5.91 Å². The zero-order valence-electron chi connectivity index (χ0n) is 16.2. The van der Waals surface area contributed by atoms with E-state index in [9.17, 15) is 21.6 Å². The zero-order chi connectivity index (χ0) is 21.9. The lowest BCUT2D eigenvalue weighted by Gasteiger charge is -2.10. The van der Waals surface area contributed by atoms with Crippen molar-refractivity contribution in [3.63, 3.8) is 0 Å². The number of nitrogens with one attached hydrogen (secondary N) is 2. The Morgan fingerprint density at radius 1 is 0.967 bits per heavy atom. The Morgan fingerprint density at radius 3 is 2.33 bits per heavy atom. The maximum Gasteiger partial charge on any atom is 0.291 e. The number of benzene rings is 2. The quantitative estimate of drug-likeness (QED) is 0.572. The monoisotopic (exact) mass is 448 g/mol. The predicted octanol–water partition coefficient (Wildman–Crippen LogP) is 3.19. The number of furan rings is 1. The molecule has 0 bridgehead atoms. The van der Waals surface area contributed by atoms with Gasteiger partial charge in [0.15, 0.2) is 15.6 Å². The Labute approximate surface area is 174 Å². The second-order valence-corrected chi connectivity index (χ2v) is 10.4. The SMILES string of the molecule is Cc1ccc(NC(=O)c2ccc(CS(=O)(=O)c3ccccc3)o2)cc1NS(C)(=O)=O. The third-order valence-corrected chi connectivity index (χ3v) is 6.36. The highest BCUT2D eigenvalue weighted by atomic mass is 32.2. The number of hydrogen-bond donors (Lipinski definition) is 2. The van der Waals surface area contributed by atoms with Gasteiger partial charge in [-0.15, -0.1) is 0 Å². The number of aryl methyl sites for hydroxylation is 1. The highest BCUT2D eigenvalue weighted by Crippen LogP contribution is 2.23. The van der Waals surface area contributed by atoms with Gasteiger partial charge < -0.3 is 9.73 Å². The van der Waals surface area contributed by atoms with Gasteiger partial charge in [0.1, 0.15) is 11.5 Å². The molecule has 0 fully saturated rings. The van der Waals surface area contributed by atoms with Crippen LogP contribution in [0.1, 0.15) is 21.9 Å². The number of amides is 1. The molecule has 1 heterocycles. The molecule has 3 aromatic rings. The molecule has 2 aromatic carbocycles. The Hall–Kier alpha value is -3.11. The van der Waals surface area contributed by atoms with Crippen LogP contribution < -0.4 is 10.0 Å². The van der Waals surface area contributed by atoms with E-state index >= 15 is 0 Å². The molecule has 0 unspecified atom stereocenters. The van der Waals surface area contributed by atoms with E-state index in [1.54, 1.807) is 37.3 Å². The fraction of sp³-hybridized carbons (Fsp3) is 0.150. The van der Waals surface area contributed by atoms with E-state index in [0.29, 0.717) is 16.9 Å². The Kier molecular flexibility index (Phi) is 5.99. The van der Waals surface area contributed by atoms with E-state index in [2.05, 4.69) is 10.0 Å². The van der Waals surface area contributed by atoms with Crippen LogP contribution in [0, 0.1) is 6.92 Å². The van der Waals surface area contributed by atoms with Crippen LogP contribution in [0.2, 0.25) is 0 Å². The first kappa shape index (κ1) is 21.6. The number of sulfonamides is 1. The summed E-state index contributed by atoms with van der Waals surface area (Å²) in [5.41, 5.74) is 1.38. The highest BCUT2D eigenvalue weighted by molar-refractivity contribution is 7.92. The van der Waals surface area contributed by atoms with Gasteiger partial charge >= 0.3 is 0 Å². The molecule has 0 aliphatic rings. The van der Waals surface area contributed by atoms with Gasteiger partial charge in [-0.2, -0.15) is 0 Å². The lowest BCUT2D eigenvalue weighted by Crippen LogP contribution is -2.13. The van der Waals surface area contributed by atoms with Crippen molar-refractivity contribution in [2.24, 2.45) is 0 Å². The van der Waals surface area contributed by atoms with Crippen molar-refractivity contribution in [1.82, 2.24) is 0 Å². The summed E-state index contributed by atoms with van der Waals surface area (Å²) in [6.07, 6.45) is 1.03. The average Bonchev–Trinajstić information content (AvgIpc) is 3.12. The van der Waals surface area contributed by atoms with Gasteiger partial charge in [0, 0.05) is 5.69 Å². The van der Waals surface area contributed by atoms with E-state index in [4.69, 9.17) is 4.42 Å². The lowest BCUT2D eigenvalue weighted by atomic mass is 10.2. The number of carbonyl (C=O) groups is 1. The zero-order valence-corrected chi connectivity index (χ0v) is 17.9. The highest BCUT2D eigenvalue weighted by Gasteiger charge is 2.19. The molecule has 0 aliphatic carbocycles. The van der Waals surface area contributed by atoms with E-state index < -0.39 is 25.8 Å². The van der Waals surface area contributed by atoms with Crippen molar-refractivity contribution < 1.29 is 26.0 Å². The summed E-state index contributed by atoms with van der Waals surface area (Å²) in [7, 11) is -7.08. The molecule has 0 spiro atoms. The first-order valence-corrected chi connectivity index (χ1v) is 12.3. The van der Waals surface area contributed by atoms with Crippen LogP contribution in [0.25, 0.3) is 0 Å². The third-order valence-electron chi connectivity index (χ3n) is 4.11. The van der Waals surface area contributed by atoms with Gasteiger partial charge in [0.05, 0.1) is 16.8 Å². The van der Waals surface area contributed by atoms with Gasteiger partial charge in [0.2, 0.25) is 10.0 Å². The average molecular weight is 449 g/mol. The van der Waals surface area contributed by atoms with E-state index in [1.165, 1.54) is 30.3 Å². The van der Waals surface area contributed by atoms with Crippen LogP contribution in [-0.2, 0) is 25.6 Å². The first-order valence-electron chi connectivity index (χ1n) is 8.80. The molecule has 0 saturated heterocycles. The summed E-state index contributed by atoms with van der Waals surface area (Å²) < 4.78 is 55.6. The smallest absolute Gasteiger partial charge is 0.291 e. The van der Waals surface area contributed by atoms with Crippen molar-refractivity contribution in [3.8, 4) is 0 Å². The molecule has 8 nitrogen and oxygen atoms in total. The molecular formula is C20H20N2O6S2.